The highest BCUT2D eigenvalue weighted by Crippen LogP contribution is 2.22. The molecule has 109 valence electrons. The van der Waals surface area contributed by atoms with Crippen LogP contribution >= 0.6 is 0 Å². The van der Waals surface area contributed by atoms with Crippen molar-refractivity contribution in [3.63, 3.8) is 0 Å². The Labute approximate surface area is 124 Å². The normalized spacial score (nSPS) is 11.5. The Morgan fingerprint density at radius 3 is 2.33 bits per heavy atom. The van der Waals surface area contributed by atoms with Crippen LogP contribution in [0.2, 0.25) is 0 Å². The lowest BCUT2D eigenvalue weighted by Gasteiger charge is -2.12. The molecule has 0 aliphatic heterocycles. The number of hydrogen-bond donors (Lipinski definition) is 1. The van der Waals surface area contributed by atoms with Crippen LogP contribution < -0.4 is 10.1 Å². The van der Waals surface area contributed by atoms with Gasteiger partial charge in [-0.1, -0.05) is 25.1 Å². The summed E-state index contributed by atoms with van der Waals surface area (Å²) in [5.74, 6) is 1.46. The van der Waals surface area contributed by atoms with Crippen LogP contribution in [0.5, 0.6) is 11.5 Å². The van der Waals surface area contributed by atoms with Crippen molar-refractivity contribution in [1.82, 2.24) is 0 Å². The number of carbonyl (C=O) groups excluding carboxylic acids is 1. The van der Waals surface area contributed by atoms with Crippen molar-refractivity contribution in [3.05, 3.63) is 61.5 Å². The van der Waals surface area contributed by atoms with Crippen LogP contribution in [0.3, 0.4) is 0 Å². The van der Waals surface area contributed by atoms with Crippen LogP contribution in [0.15, 0.2) is 54.6 Å². The summed E-state index contributed by atoms with van der Waals surface area (Å²) in [5.41, 5.74) is 0.642. The van der Waals surface area contributed by atoms with Crippen LogP contribution in [0, 0.1) is 6.92 Å². The van der Waals surface area contributed by atoms with Crippen molar-refractivity contribution in [2.24, 2.45) is 0 Å². The quantitative estimate of drug-likeness (QED) is 0.870. The summed E-state index contributed by atoms with van der Waals surface area (Å²) in [4.78, 5) is 11.6. The van der Waals surface area contributed by atoms with E-state index < -0.39 is 6.09 Å². The molecule has 0 aliphatic carbocycles. The molecule has 0 saturated carbocycles. The average Bonchev–Trinajstić information content (AvgIpc) is 2.50. The lowest BCUT2D eigenvalue weighted by atomic mass is 10.3. The van der Waals surface area contributed by atoms with E-state index in [0.29, 0.717) is 17.9 Å². The van der Waals surface area contributed by atoms with Crippen LogP contribution in [0.4, 0.5) is 10.5 Å². The fourth-order valence-electron chi connectivity index (χ4n) is 1.61. The number of amides is 1. The number of rotatable bonds is 5. The first-order chi connectivity index (χ1) is 10.2. The summed E-state index contributed by atoms with van der Waals surface area (Å²) in [5, 5.41) is 2.64. The van der Waals surface area contributed by atoms with Gasteiger partial charge in [-0.15, -0.1) is 0 Å². The third-order valence-corrected chi connectivity index (χ3v) is 2.81. The largest absolute Gasteiger partial charge is 0.457 e. The van der Waals surface area contributed by atoms with Gasteiger partial charge in [0.05, 0.1) is 0 Å². The van der Waals surface area contributed by atoms with E-state index in [1.165, 1.54) is 0 Å². The highest BCUT2D eigenvalue weighted by molar-refractivity contribution is 5.84. The summed E-state index contributed by atoms with van der Waals surface area (Å²) in [6.45, 7) is 5.60. The van der Waals surface area contributed by atoms with Crippen LogP contribution in [-0.4, -0.2) is 12.2 Å². The Morgan fingerprint density at radius 1 is 1.10 bits per heavy atom. The smallest absolute Gasteiger partial charge is 0.411 e. The maximum Gasteiger partial charge on any atom is 0.411 e. The minimum Gasteiger partial charge on any atom is -0.457 e. The number of carbonyl (C=O) groups is 1. The van der Waals surface area contributed by atoms with Crippen LogP contribution in [0.1, 0.15) is 13.3 Å². The zero-order chi connectivity index (χ0) is 15.1. The lowest BCUT2D eigenvalue weighted by molar-refractivity contribution is 0.131. The standard InChI is InChI=1S/C17H18NO3/c1-3-13(2)20-17(19)18-14-9-11-16(12-10-14)21-15-7-5-4-6-8-15/h4-13H,2-3H2,1H3,(H,18,19). The van der Waals surface area contributed by atoms with E-state index >= 15 is 0 Å². The van der Waals surface area contributed by atoms with Crippen molar-refractivity contribution in [2.45, 2.75) is 19.4 Å². The molecule has 2 rings (SSSR count). The van der Waals surface area contributed by atoms with Crippen molar-refractivity contribution >= 4 is 11.8 Å². The van der Waals surface area contributed by atoms with Gasteiger partial charge < -0.3 is 9.47 Å². The molecular formula is C17H18NO3. The fourth-order valence-corrected chi connectivity index (χ4v) is 1.61. The molecule has 1 N–H and O–H groups in total. The molecular weight excluding hydrogens is 266 g/mol. The van der Waals surface area contributed by atoms with Gasteiger partial charge in [-0.3, -0.25) is 5.32 Å². The third-order valence-electron chi connectivity index (χ3n) is 2.81. The molecule has 1 radical (unpaired) electrons. The number of nitrogens with one attached hydrogen (secondary N) is 1. The van der Waals surface area contributed by atoms with E-state index in [-0.39, 0.29) is 6.10 Å². The van der Waals surface area contributed by atoms with Gasteiger partial charge in [-0.05, 0) is 49.7 Å². The summed E-state index contributed by atoms with van der Waals surface area (Å²) in [7, 11) is 0. The molecule has 0 aliphatic rings. The molecule has 0 heterocycles. The van der Waals surface area contributed by atoms with Gasteiger partial charge in [-0.25, -0.2) is 4.79 Å². The summed E-state index contributed by atoms with van der Waals surface area (Å²) in [6.07, 6.45) is -0.170. The van der Waals surface area contributed by atoms with Crippen molar-refractivity contribution < 1.29 is 14.3 Å². The van der Waals surface area contributed by atoms with Gasteiger partial charge >= 0.3 is 6.09 Å². The van der Waals surface area contributed by atoms with Gasteiger partial charge in [0.25, 0.3) is 0 Å². The predicted molar refractivity (Wildman–Crippen MR) is 82.5 cm³/mol. The van der Waals surface area contributed by atoms with Gasteiger partial charge in [-0.2, -0.15) is 0 Å². The molecule has 0 aromatic heterocycles. The lowest BCUT2D eigenvalue weighted by Crippen LogP contribution is -2.19. The summed E-state index contributed by atoms with van der Waals surface area (Å²) < 4.78 is 10.7. The molecule has 4 heteroatoms. The van der Waals surface area contributed by atoms with Gasteiger partial charge in [0.15, 0.2) is 0 Å². The second-order valence-corrected chi connectivity index (χ2v) is 4.50. The highest BCUT2D eigenvalue weighted by Gasteiger charge is 2.07. The zero-order valence-electron chi connectivity index (χ0n) is 11.9. The molecule has 1 amide bonds. The first kappa shape index (κ1) is 14.9. The Hall–Kier alpha value is -2.49. The Bertz CT molecular complexity index is 566. The maximum atomic E-state index is 11.6. The Morgan fingerprint density at radius 2 is 1.71 bits per heavy atom. The van der Waals surface area contributed by atoms with E-state index in [1.807, 2.05) is 37.3 Å². The third kappa shape index (κ3) is 4.84. The molecule has 21 heavy (non-hydrogen) atoms. The number of benzene rings is 2. The molecule has 0 fully saturated rings. The van der Waals surface area contributed by atoms with Crippen molar-refractivity contribution in [2.75, 3.05) is 5.32 Å². The minimum absolute atomic E-state index is 0.342. The molecule has 1 unspecified atom stereocenters. The van der Waals surface area contributed by atoms with Gasteiger partial charge in [0, 0.05) is 5.69 Å². The van der Waals surface area contributed by atoms with Gasteiger partial charge in [0.1, 0.15) is 17.6 Å². The minimum atomic E-state index is -0.506. The summed E-state index contributed by atoms with van der Waals surface area (Å²) in [6, 6.07) is 16.6. The number of para-hydroxylation sites is 1. The molecule has 0 bridgehead atoms. The molecule has 4 nitrogen and oxygen atoms in total. The predicted octanol–water partition coefficient (Wildman–Crippen LogP) is 4.64. The van der Waals surface area contributed by atoms with Crippen LogP contribution in [0.25, 0.3) is 0 Å². The highest BCUT2D eigenvalue weighted by atomic mass is 16.6. The van der Waals surface area contributed by atoms with Gasteiger partial charge in [0.2, 0.25) is 0 Å². The fraction of sp³-hybridized carbons (Fsp3) is 0.176. The van der Waals surface area contributed by atoms with E-state index in [4.69, 9.17) is 9.47 Å². The second-order valence-electron chi connectivity index (χ2n) is 4.50. The molecule has 0 spiro atoms. The SMILES string of the molecule is [CH2]C(CC)OC(=O)Nc1ccc(Oc2ccccc2)cc1. The first-order valence-electron chi connectivity index (χ1n) is 6.81. The maximum absolute atomic E-state index is 11.6. The Balaban J connectivity index is 1.91. The zero-order valence-corrected chi connectivity index (χ0v) is 11.9. The van der Waals surface area contributed by atoms with E-state index in [2.05, 4.69) is 12.2 Å². The van der Waals surface area contributed by atoms with E-state index in [9.17, 15) is 4.79 Å². The molecule has 2 aromatic carbocycles. The Kier molecular flexibility index (Phi) is 5.21. The number of hydrogen-bond acceptors (Lipinski definition) is 3. The average molecular weight is 284 g/mol. The monoisotopic (exact) mass is 284 g/mol. The van der Waals surface area contributed by atoms with E-state index in [0.717, 1.165) is 5.75 Å². The second kappa shape index (κ2) is 7.33. The molecule has 0 saturated heterocycles. The van der Waals surface area contributed by atoms with Crippen molar-refractivity contribution in [1.29, 1.82) is 0 Å². The van der Waals surface area contributed by atoms with E-state index in [1.54, 1.807) is 24.3 Å². The first-order valence-corrected chi connectivity index (χ1v) is 6.81. The number of ether oxygens (including phenoxy) is 2. The number of anilines is 1. The molecule has 2 aromatic rings. The summed E-state index contributed by atoms with van der Waals surface area (Å²) >= 11 is 0. The van der Waals surface area contributed by atoms with Crippen molar-refractivity contribution in [3.8, 4) is 11.5 Å². The topological polar surface area (TPSA) is 47.6 Å². The van der Waals surface area contributed by atoms with Crippen LogP contribution in [-0.2, 0) is 4.74 Å². The molecule has 1 atom stereocenters.